The van der Waals surface area contributed by atoms with Crippen LogP contribution in [-0.2, 0) is 6.54 Å². The van der Waals surface area contributed by atoms with Crippen LogP contribution in [0.4, 0.5) is 5.69 Å². The Kier molecular flexibility index (Phi) is 3.50. The molecule has 3 rings (SSSR count). The molecule has 0 atom stereocenters. The van der Waals surface area contributed by atoms with E-state index >= 15 is 0 Å². The van der Waals surface area contributed by atoms with E-state index in [1.165, 1.54) is 0 Å². The highest BCUT2D eigenvalue weighted by Crippen LogP contribution is 2.34. The fraction of sp³-hybridized carbons (Fsp3) is 0.188. The molecule has 0 radical (unpaired) electrons. The standard InChI is InChI=1S/C16H18N4O/c17-7-8-20-10-12-9-11(5-6-14(12)19-16(20)18)13-3-1-2-4-15(13)21/h1-6,9,21H,7-8,10,17H2,(H2,18,19). The number of phenols is 1. The molecule has 1 heterocycles. The summed E-state index contributed by atoms with van der Waals surface area (Å²) in [4.78, 5) is 6.36. The van der Waals surface area contributed by atoms with E-state index in [0.717, 1.165) is 22.4 Å². The number of para-hydroxylation sites is 1. The molecule has 5 nitrogen and oxygen atoms in total. The first-order chi connectivity index (χ1) is 10.2. The number of phenolic OH excluding ortho intramolecular Hbond substituents is 1. The number of guanidine groups is 1. The molecule has 0 spiro atoms. The second-order valence-corrected chi connectivity index (χ2v) is 5.04. The van der Waals surface area contributed by atoms with Crippen molar-refractivity contribution < 1.29 is 5.11 Å². The van der Waals surface area contributed by atoms with E-state index in [9.17, 15) is 5.11 Å². The molecule has 2 aromatic carbocycles. The Labute approximate surface area is 123 Å². The van der Waals surface area contributed by atoms with E-state index in [4.69, 9.17) is 11.5 Å². The average Bonchev–Trinajstić information content (AvgIpc) is 2.48. The number of nitrogens with zero attached hydrogens (tertiary/aromatic N) is 2. The van der Waals surface area contributed by atoms with Crippen LogP contribution in [0.1, 0.15) is 5.56 Å². The summed E-state index contributed by atoms with van der Waals surface area (Å²) in [6, 6.07) is 13.2. The summed E-state index contributed by atoms with van der Waals surface area (Å²) in [5, 5.41) is 9.97. The van der Waals surface area contributed by atoms with Gasteiger partial charge < -0.3 is 21.5 Å². The molecule has 5 N–H and O–H groups in total. The first-order valence-corrected chi connectivity index (χ1v) is 6.89. The summed E-state index contributed by atoms with van der Waals surface area (Å²) < 4.78 is 0. The van der Waals surface area contributed by atoms with Crippen molar-refractivity contribution in [3.8, 4) is 16.9 Å². The highest BCUT2D eigenvalue weighted by atomic mass is 16.3. The molecule has 0 saturated carbocycles. The van der Waals surface area contributed by atoms with Gasteiger partial charge in [-0.1, -0.05) is 24.3 Å². The zero-order chi connectivity index (χ0) is 14.8. The van der Waals surface area contributed by atoms with Crippen LogP contribution in [0.3, 0.4) is 0 Å². The predicted octanol–water partition coefficient (Wildman–Crippen LogP) is 1.78. The Balaban J connectivity index is 2.00. The minimum absolute atomic E-state index is 0.273. The largest absolute Gasteiger partial charge is 0.507 e. The lowest BCUT2D eigenvalue weighted by Crippen LogP contribution is -2.41. The molecule has 0 aliphatic carbocycles. The zero-order valence-corrected chi connectivity index (χ0v) is 11.7. The van der Waals surface area contributed by atoms with Gasteiger partial charge in [-0.25, -0.2) is 4.99 Å². The molecular formula is C16H18N4O. The number of aliphatic imine (C=N–C) groups is 1. The van der Waals surface area contributed by atoms with Crippen molar-refractivity contribution in [2.45, 2.75) is 6.54 Å². The summed E-state index contributed by atoms with van der Waals surface area (Å²) in [7, 11) is 0. The Hall–Kier alpha value is -2.53. The molecular weight excluding hydrogens is 264 g/mol. The maximum Gasteiger partial charge on any atom is 0.196 e. The third kappa shape index (κ3) is 2.55. The Morgan fingerprint density at radius 3 is 2.76 bits per heavy atom. The van der Waals surface area contributed by atoms with Crippen molar-refractivity contribution in [1.82, 2.24) is 4.90 Å². The molecule has 0 bridgehead atoms. The van der Waals surface area contributed by atoms with Gasteiger partial charge in [-0.2, -0.15) is 0 Å². The number of hydrogen-bond donors (Lipinski definition) is 3. The van der Waals surface area contributed by atoms with Crippen LogP contribution in [0.2, 0.25) is 0 Å². The third-order valence-corrected chi connectivity index (χ3v) is 3.61. The van der Waals surface area contributed by atoms with Gasteiger partial charge in [0.25, 0.3) is 0 Å². The quantitative estimate of drug-likeness (QED) is 0.800. The number of hydrogen-bond acceptors (Lipinski definition) is 5. The van der Waals surface area contributed by atoms with Gasteiger partial charge >= 0.3 is 0 Å². The van der Waals surface area contributed by atoms with Crippen LogP contribution >= 0.6 is 0 Å². The van der Waals surface area contributed by atoms with Crippen molar-refractivity contribution in [2.75, 3.05) is 13.1 Å². The van der Waals surface area contributed by atoms with Gasteiger partial charge in [0.05, 0.1) is 5.69 Å². The summed E-state index contributed by atoms with van der Waals surface area (Å²) in [5.41, 5.74) is 15.3. The number of aromatic hydroxyl groups is 1. The van der Waals surface area contributed by atoms with E-state index in [-0.39, 0.29) is 5.75 Å². The summed E-state index contributed by atoms with van der Waals surface area (Å²) in [6.07, 6.45) is 0. The maximum atomic E-state index is 9.97. The topological polar surface area (TPSA) is 87.9 Å². The molecule has 0 fully saturated rings. The zero-order valence-electron chi connectivity index (χ0n) is 11.7. The molecule has 2 aromatic rings. The van der Waals surface area contributed by atoms with Gasteiger partial charge in [0.15, 0.2) is 5.96 Å². The van der Waals surface area contributed by atoms with E-state index < -0.39 is 0 Å². The molecule has 21 heavy (non-hydrogen) atoms. The Morgan fingerprint density at radius 2 is 2.00 bits per heavy atom. The fourth-order valence-electron chi connectivity index (χ4n) is 2.54. The Morgan fingerprint density at radius 1 is 1.19 bits per heavy atom. The van der Waals surface area contributed by atoms with Gasteiger partial charge in [-0.3, -0.25) is 0 Å². The first-order valence-electron chi connectivity index (χ1n) is 6.89. The number of nitrogens with two attached hydrogens (primary N) is 2. The summed E-state index contributed by atoms with van der Waals surface area (Å²) in [5.74, 6) is 0.776. The number of benzene rings is 2. The van der Waals surface area contributed by atoms with Crippen LogP contribution in [0.25, 0.3) is 11.1 Å². The lowest BCUT2D eigenvalue weighted by molar-refractivity contribution is 0.412. The van der Waals surface area contributed by atoms with Crippen molar-refractivity contribution >= 4 is 11.6 Å². The highest BCUT2D eigenvalue weighted by Gasteiger charge is 2.17. The molecule has 0 amide bonds. The monoisotopic (exact) mass is 282 g/mol. The molecule has 108 valence electrons. The SMILES string of the molecule is NCCN1Cc2cc(-c3ccccc3O)ccc2N=C1N. The predicted molar refractivity (Wildman–Crippen MR) is 84.3 cm³/mol. The summed E-state index contributed by atoms with van der Waals surface area (Å²) in [6.45, 7) is 1.89. The van der Waals surface area contributed by atoms with Gasteiger partial charge in [0, 0.05) is 25.2 Å². The number of rotatable bonds is 3. The lowest BCUT2D eigenvalue weighted by atomic mass is 10.00. The van der Waals surface area contributed by atoms with Gasteiger partial charge in [0.1, 0.15) is 5.75 Å². The third-order valence-electron chi connectivity index (χ3n) is 3.61. The van der Waals surface area contributed by atoms with Crippen LogP contribution < -0.4 is 11.5 Å². The van der Waals surface area contributed by atoms with Crippen molar-refractivity contribution in [3.63, 3.8) is 0 Å². The molecule has 0 unspecified atom stereocenters. The molecule has 5 heteroatoms. The second kappa shape index (κ2) is 5.46. The first kappa shape index (κ1) is 13.5. The van der Waals surface area contributed by atoms with Crippen molar-refractivity contribution in [1.29, 1.82) is 0 Å². The van der Waals surface area contributed by atoms with Crippen molar-refractivity contribution in [3.05, 3.63) is 48.0 Å². The van der Waals surface area contributed by atoms with Gasteiger partial charge in [-0.05, 0) is 29.3 Å². The maximum absolute atomic E-state index is 9.97. The van der Waals surface area contributed by atoms with E-state index in [1.54, 1.807) is 6.07 Å². The van der Waals surface area contributed by atoms with Crippen molar-refractivity contribution in [2.24, 2.45) is 16.5 Å². The van der Waals surface area contributed by atoms with Gasteiger partial charge in [0.2, 0.25) is 0 Å². The van der Waals surface area contributed by atoms with Crippen LogP contribution in [0, 0.1) is 0 Å². The Bertz CT molecular complexity index is 696. The highest BCUT2D eigenvalue weighted by molar-refractivity contribution is 5.84. The van der Waals surface area contributed by atoms with Crippen LogP contribution in [0.15, 0.2) is 47.5 Å². The fourth-order valence-corrected chi connectivity index (χ4v) is 2.54. The molecule has 1 aliphatic rings. The van der Waals surface area contributed by atoms with E-state index in [2.05, 4.69) is 4.99 Å². The van der Waals surface area contributed by atoms with Gasteiger partial charge in [-0.15, -0.1) is 0 Å². The molecule has 1 aliphatic heterocycles. The normalized spacial score (nSPS) is 13.8. The number of fused-ring (bicyclic) bond motifs is 1. The van der Waals surface area contributed by atoms with Crippen LogP contribution in [-0.4, -0.2) is 29.1 Å². The summed E-state index contributed by atoms with van der Waals surface area (Å²) >= 11 is 0. The molecule has 0 saturated heterocycles. The minimum Gasteiger partial charge on any atom is -0.507 e. The second-order valence-electron chi connectivity index (χ2n) is 5.04. The average molecular weight is 282 g/mol. The smallest absolute Gasteiger partial charge is 0.196 e. The van der Waals surface area contributed by atoms with Crippen LogP contribution in [0.5, 0.6) is 5.75 Å². The minimum atomic E-state index is 0.273. The lowest BCUT2D eigenvalue weighted by Gasteiger charge is -2.28. The molecule has 0 aromatic heterocycles. The van der Waals surface area contributed by atoms with E-state index in [1.807, 2.05) is 41.3 Å². The van der Waals surface area contributed by atoms with E-state index in [0.29, 0.717) is 25.6 Å².